The molecule has 0 fully saturated rings. The maximum Gasteiger partial charge on any atom is 0.172 e. The number of aromatic nitrogens is 2. The second kappa shape index (κ2) is 6.85. The molecular weight excluding hydrogens is 292 g/mol. The first-order chi connectivity index (χ1) is 10.7. The summed E-state index contributed by atoms with van der Waals surface area (Å²) in [6, 6.07) is 12.2. The van der Waals surface area contributed by atoms with E-state index in [1.54, 1.807) is 11.3 Å². The van der Waals surface area contributed by atoms with Crippen LogP contribution >= 0.6 is 11.3 Å². The molecule has 0 spiro atoms. The Balaban J connectivity index is 1.89. The lowest BCUT2D eigenvalue weighted by Crippen LogP contribution is -2.16. The van der Waals surface area contributed by atoms with Gasteiger partial charge >= 0.3 is 0 Å². The van der Waals surface area contributed by atoms with E-state index in [1.165, 1.54) is 0 Å². The summed E-state index contributed by atoms with van der Waals surface area (Å²) in [7, 11) is 4.18. The molecule has 0 saturated heterocycles. The molecular formula is C17H20N4S. The standard InChI is InChI=1S/C17H20N4S/c1-21(2)11-6-10-18-16-13-7-3-4-8-14(13)19-17(20-16)15-9-5-12-22-15/h3-5,7-9,12H,6,10-11H2,1-2H3,(H,18,19,20). The van der Waals surface area contributed by atoms with Crippen molar-refractivity contribution >= 4 is 28.1 Å². The summed E-state index contributed by atoms with van der Waals surface area (Å²) < 4.78 is 0. The number of anilines is 1. The van der Waals surface area contributed by atoms with E-state index in [2.05, 4.69) is 46.8 Å². The van der Waals surface area contributed by atoms with Crippen LogP contribution in [0, 0.1) is 0 Å². The van der Waals surface area contributed by atoms with Crippen molar-refractivity contribution in [3.8, 4) is 10.7 Å². The van der Waals surface area contributed by atoms with Crippen LogP contribution < -0.4 is 5.32 Å². The number of para-hydroxylation sites is 1. The van der Waals surface area contributed by atoms with Crippen LogP contribution in [-0.4, -0.2) is 42.1 Å². The summed E-state index contributed by atoms with van der Waals surface area (Å²) in [5.41, 5.74) is 0.982. The number of hydrogen-bond donors (Lipinski definition) is 1. The van der Waals surface area contributed by atoms with Gasteiger partial charge in [-0.05, 0) is 50.6 Å². The number of nitrogens with one attached hydrogen (secondary N) is 1. The number of thiophene rings is 1. The second-order valence-corrected chi connectivity index (χ2v) is 6.42. The number of benzene rings is 1. The third-order valence-corrected chi connectivity index (χ3v) is 4.29. The quantitative estimate of drug-likeness (QED) is 0.704. The average Bonchev–Trinajstić information content (AvgIpc) is 3.05. The highest BCUT2D eigenvalue weighted by atomic mass is 32.1. The molecule has 0 saturated carbocycles. The van der Waals surface area contributed by atoms with E-state index in [1.807, 2.05) is 24.3 Å². The zero-order chi connectivity index (χ0) is 15.4. The predicted octanol–water partition coefficient (Wildman–Crippen LogP) is 3.72. The van der Waals surface area contributed by atoms with Gasteiger partial charge in [-0.3, -0.25) is 0 Å². The van der Waals surface area contributed by atoms with Gasteiger partial charge in [0.25, 0.3) is 0 Å². The van der Waals surface area contributed by atoms with Gasteiger partial charge in [0, 0.05) is 11.9 Å². The van der Waals surface area contributed by atoms with E-state index < -0.39 is 0 Å². The minimum Gasteiger partial charge on any atom is -0.369 e. The van der Waals surface area contributed by atoms with Crippen molar-refractivity contribution < 1.29 is 0 Å². The SMILES string of the molecule is CN(C)CCCNc1nc(-c2cccs2)nc2ccccc12. The molecule has 2 aromatic heterocycles. The van der Waals surface area contributed by atoms with Crippen LogP contribution in [0.1, 0.15) is 6.42 Å². The first kappa shape index (κ1) is 14.9. The monoisotopic (exact) mass is 312 g/mol. The van der Waals surface area contributed by atoms with Crippen molar-refractivity contribution in [3.63, 3.8) is 0 Å². The van der Waals surface area contributed by atoms with Crippen LogP contribution in [0.5, 0.6) is 0 Å². The van der Waals surface area contributed by atoms with Crippen LogP contribution in [0.4, 0.5) is 5.82 Å². The lowest BCUT2D eigenvalue weighted by Gasteiger charge is -2.12. The van der Waals surface area contributed by atoms with Crippen LogP contribution in [0.15, 0.2) is 41.8 Å². The molecule has 2 heterocycles. The Labute approximate surface area is 134 Å². The fourth-order valence-corrected chi connectivity index (χ4v) is 2.99. The maximum absolute atomic E-state index is 4.73. The molecule has 0 radical (unpaired) electrons. The van der Waals surface area contributed by atoms with Crippen molar-refractivity contribution in [2.45, 2.75) is 6.42 Å². The molecule has 0 aliphatic heterocycles. The number of rotatable bonds is 6. The highest BCUT2D eigenvalue weighted by molar-refractivity contribution is 7.13. The minimum absolute atomic E-state index is 0.795. The second-order valence-electron chi connectivity index (χ2n) is 5.47. The normalized spacial score (nSPS) is 11.2. The van der Waals surface area contributed by atoms with Crippen LogP contribution in [0.2, 0.25) is 0 Å². The van der Waals surface area contributed by atoms with Crippen LogP contribution in [0.25, 0.3) is 21.6 Å². The fraction of sp³-hybridized carbons (Fsp3) is 0.294. The summed E-state index contributed by atoms with van der Waals surface area (Å²) >= 11 is 1.67. The van der Waals surface area contributed by atoms with E-state index in [0.717, 1.165) is 46.9 Å². The molecule has 1 N–H and O–H groups in total. The minimum atomic E-state index is 0.795. The summed E-state index contributed by atoms with van der Waals surface area (Å²) in [6.07, 6.45) is 1.08. The smallest absolute Gasteiger partial charge is 0.172 e. The molecule has 0 amide bonds. The topological polar surface area (TPSA) is 41.0 Å². The molecule has 3 rings (SSSR count). The lowest BCUT2D eigenvalue weighted by molar-refractivity contribution is 0.405. The summed E-state index contributed by atoms with van der Waals surface area (Å²) in [5, 5.41) is 6.60. The summed E-state index contributed by atoms with van der Waals surface area (Å²) in [5.74, 6) is 1.72. The van der Waals surface area contributed by atoms with E-state index in [0.29, 0.717) is 0 Å². The van der Waals surface area contributed by atoms with Crippen molar-refractivity contribution in [3.05, 3.63) is 41.8 Å². The Bertz CT molecular complexity index is 738. The summed E-state index contributed by atoms with van der Waals surface area (Å²) in [6.45, 7) is 1.97. The van der Waals surface area contributed by atoms with Gasteiger partial charge in [-0.15, -0.1) is 11.3 Å². The van der Waals surface area contributed by atoms with Crippen molar-refractivity contribution in [2.75, 3.05) is 32.5 Å². The molecule has 1 aromatic carbocycles. The third-order valence-electron chi connectivity index (χ3n) is 3.42. The highest BCUT2D eigenvalue weighted by Gasteiger charge is 2.09. The van der Waals surface area contributed by atoms with Crippen molar-refractivity contribution in [1.29, 1.82) is 0 Å². The van der Waals surface area contributed by atoms with Gasteiger partial charge in [0.1, 0.15) is 5.82 Å². The molecule has 0 aliphatic carbocycles. The van der Waals surface area contributed by atoms with Crippen LogP contribution in [0.3, 0.4) is 0 Å². The van der Waals surface area contributed by atoms with E-state index >= 15 is 0 Å². The number of hydrogen-bond acceptors (Lipinski definition) is 5. The van der Waals surface area contributed by atoms with Gasteiger partial charge in [0.2, 0.25) is 0 Å². The van der Waals surface area contributed by atoms with Gasteiger partial charge in [-0.1, -0.05) is 18.2 Å². The molecule has 0 aliphatic rings. The van der Waals surface area contributed by atoms with Gasteiger partial charge in [0.15, 0.2) is 5.82 Å². The molecule has 4 nitrogen and oxygen atoms in total. The Hall–Kier alpha value is -1.98. The largest absolute Gasteiger partial charge is 0.369 e. The number of nitrogens with zero attached hydrogens (tertiary/aromatic N) is 3. The fourth-order valence-electron chi connectivity index (χ4n) is 2.33. The van der Waals surface area contributed by atoms with Crippen molar-refractivity contribution in [1.82, 2.24) is 14.9 Å². The molecule has 0 unspecified atom stereocenters. The zero-order valence-electron chi connectivity index (χ0n) is 12.9. The van der Waals surface area contributed by atoms with Crippen LogP contribution in [-0.2, 0) is 0 Å². The molecule has 114 valence electrons. The first-order valence-corrected chi connectivity index (χ1v) is 8.31. The van der Waals surface area contributed by atoms with Gasteiger partial charge < -0.3 is 10.2 Å². The summed E-state index contributed by atoms with van der Waals surface area (Å²) in [4.78, 5) is 12.7. The Kier molecular flexibility index (Phi) is 4.65. The van der Waals surface area contributed by atoms with E-state index in [-0.39, 0.29) is 0 Å². The Morgan fingerprint density at radius 1 is 1.09 bits per heavy atom. The van der Waals surface area contributed by atoms with E-state index in [4.69, 9.17) is 4.98 Å². The Morgan fingerprint density at radius 3 is 2.73 bits per heavy atom. The molecule has 5 heteroatoms. The third kappa shape index (κ3) is 3.43. The van der Waals surface area contributed by atoms with Gasteiger partial charge in [-0.25, -0.2) is 9.97 Å². The lowest BCUT2D eigenvalue weighted by atomic mass is 10.2. The van der Waals surface area contributed by atoms with E-state index in [9.17, 15) is 0 Å². The molecule has 3 aromatic rings. The number of fused-ring (bicyclic) bond motifs is 1. The zero-order valence-corrected chi connectivity index (χ0v) is 13.7. The molecule has 0 atom stereocenters. The van der Waals surface area contributed by atoms with Crippen molar-refractivity contribution in [2.24, 2.45) is 0 Å². The average molecular weight is 312 g/mol. The maximum atomic E-state index is 4.73. The predicted molar refractivity (Wildman–Crippen MR) is 94.5 cm³/mol. The molecule has 0 bridgehead atoms. The highest BCUT2D eigenvalue weighted by Crippen LogP contribution is 2.27. The Morgan fingerprint density at radius 2 is 1.95 bits per heavy atom. The van der Waals surface area contributed by atoms with Gasteiger partial charge in [-0.2, -0.15) is 0 Å². The first-order valence-electron chi connectivity index (χ1n) is 7.43. The molecule has 22 heavy (non-hydrogen) atoms. The van der Waals surface area contributed by atoms with Gasteiger partial charge in [0.05, 0.1) is 10.4 Å².